The molecule has 3 rings (SSSR count). The van der Waals surface area contributed by atoms with E-state index >= 15 is 0 Å². The Hall–Kier alpha value is -2.60. The van der Waals surface area contributed by atoms with Gasteiger partial charge in [0, 0.05) is 41.0 Å². The van der Waals surface area contributed by atoms with Crippen LogP contribution in [0.3, 0.4) is 0 Å². The zero-order chi connectivity index (χ0) is 22.0. The number of aryl methyl sites for hydroxylation is 2. The van der Waals surface area contributed by atoms with E-state index in [0.717, 1.165) is 41.9 Å². The van der Waals surface area contributed by atoms with Crippen LogP contribution in [0.1, 0.15) is 59.6 Å². The lowest BCUT2D eigenvalue weighted by molar-refractivity contribution is 0.0740. The molecule has 1 aromatic carbocycles. The highest BCUT2D eigenvalue weighted by Crippen LogP contribution is 2.22. The van der Waals surface area contributed by atoms with E-state index in [-0.39, 0.29) is 11.5 Å². The molecule has 0 fully saturated rings. The van der Waals surface area contributed by atoms with Gasteiger partial charge in [-0.05, 0) is 44.9 Å². The highest BCUT2D eigenvalue weighted by Gasteiger charge is 2.23. The van der Waals surface area contributed by atoms with Crippen LogP contribution < -0.4 is 5.56 Å². The molecule has 0 bridgehead atoms. The van der Waals surface area contributed by atoms with Gasteiger partial charge in [-0.25, -0.2) is 0 Å². The first kappa shape index (κ1) is 22.1. The second-order valence-electron chi connectivity index (χ2n) is 7.72. The number of hydrogen-bond acceptors (Lipinski definition) is 3. The molecule has 0 saturated heterocycles. The van der Waals surface area contributed by atoms with Gasteiger partial charge in [-0.2, -0.15) is 9.61 Å². The van der Waals surface area contributed by atoms with Gasteiger partial charge in [0.05, 0.1) is 12.2 Å². The largest absolute Gasteiger partial charge is 0.333 e. The van der Waals surface area contributed by atoms with Crippen molar-refractivity contribution < 1.29 is 4.79 Å². The van der Waals surface area contributed by atoms with Crippen LogP contribution in [-0.2, 0) is 20.0 Å². The lowest BCUT2D eigenvalue weighted by atomic mass is 10.1. The van der Waals surface area contributed by atoms with Crippen molar-refractivity contribution in [2.45, 2.75) is 53.5 Å². The molecule has 0 aliphatic carbocycles. The fourth-order valence-corrected chi connectivity index (χ4v) is 4.03. The summed E-state index contributed by atoms with van der Waals surface area (Å²) in [5.41, 5.74) is 4.68. The Labute approximate surface area is 182 Å². The van der Waals surface area contributed by atoms with E-state index in [1.165, 1.54) is 4.52 Å². The van der Waals surface area contributed by atoms with E-state index in [4.69, 9.17) is 11.6 Å². The second kappa shape index (κ2) is 9.04. The average Bonchev–Trinajstić information content (AvgIpc) is 3.08. The summed E-state index contributed by atoms with van der Waals surface area (Å²) in [7, 11) is 1.96. The minimum Gasteiger partial charge on any atom is -0.333 e. The smallest absolute Gasteiger partial charge is 0.277 e. The van der Waals surface area contributed by atoms with E-state index in [1.54, 1.807) is 29.2 Å². The monoisotopic (exact) mass is 428 g/mol. The summed E-state index contributed by atoms with van der Waals surface area (Å²) in [5.74, 6) is -0.0852. The fourth-order valence-electron chi connectivity index (χ4n) is 3.84. The van der Waals surface area contributed by atoms with Crippen molar-refractivity contribution in [3.05, 3.63) is 67.7 Å². The molecule has 0 unspecified atom stereocenters. The Morgan fingerprint density at radius 3 is 2.57 bits per heavy atom. The van der Waals surface area contributed by atoms with E-state index in [1.807, 2.05) is 32.4 Å². The molecule has 0 atom stereocenters. The summed E-state index contributed by atoms with van der Waals surface area (Å²) in [6, 6.07) is 6.99. The maximum absolute atomic E-state index is 13.2. The SMILES string of the molecule is CCCc1c(CN(CCC)C(=O)c2cccc(Cl)c2)nn2c(=O)c(C)c(C)n(C)c12. The third-order valence-corrected chi connectivity index (χ3v) is 5.84. The van der Waals surface area contributed by atoms with Crippen LogP contribution in [0, 0.1) is 13.8 Å². The molecule has 0 aliphatic heterocycles. The summed E-state index contributed by atoms with van der Waals surface area (Å²) >= 11 is 6.09. The maximum atomic E-state index is 13.2. The van der Waals surface area contributed by atoms with Crippen LogP contribution in [0.2, 0.25) is 5.02 Å². The molecule has 3 aromatic rings. The van der Waals surface area contributed by atoms with Gasteiger partial charge in [0.25, 0.3) is 11.5 Å². The Morgan fingerprint density at radius 1 is 1.20 bits per heavy atom. The van der Waals surface area contributed by atoms with E-state index in [0.29, 0.717) is 29.2 Å². The topological polar surface area (TPSA) is 59.6 Å². The molecule has 160 valence electrons. The van der Waals surface area contributed by atoms with Gasteiger partial charge in [-0.15, -0.1) is 0 Å². The summed E-state index contributed by atoms with van der Waals surface area (Å²) in [4.78, 5) is 27.8. The minimum atomic E-state index is -0.104. The molecule has 2 aromatic heterocycles. The number of nitrogens with zero attached hydrogens (tertiary/aromatic N) is 4. The normalized spacial score (nSPS) is 11.3. The Kier molecular flexibility index (Phi) is 6.66. The van der Waals surface area contributed by atoms with Crippen LogP contribution in [0.15, 0.2) is 29.1 Å². The molecule has 2 heterocycles. The molecule has 0 N–H and O–H groups in total. The van der Waals surface area contributed by atoms with Crippen LogP contribution in [0.5, 0.6) is 0 Å². The van der Waals surface area contributed by atoms with Crippen LogP contribution in [0.4, 0.5) is 0 Å². The first-order chi connectivity index (χ1) is 14.3. The predicted molar refractivity (Wildman–Crippen MR) is 120 cm³/mol. The molecule has 1 amide bonds. The summed E-state index contributed by atoms with van der Waals surface area (Å²) < 4.78 is 3.53. The highest BCUT2D eigenvalue weighted by atomic mass is 35.5. The Morgan fingerprint density at radius 2 is 1.93 bits per heavy atom. The first-order valence-electron chi connectivity index (χ1n) is 10.4. The number of carbonyl (C=O) groups is 1. The average molecular weight is 429 g/mol. The van der Waals surface area contributed by atoms with Crippen LogP contribution >= 0.6 is 11.6 Å². The van der Waals surface area contributed by atoms with Gasteiger partial charge >= 0.3 is 0 Å². The molecule has 0 radical (unpaired) electrons. The van der Waals surface area contributed by atoms with Crippen molar-refractivity contribution in [3.63, 3.8) is 0 Å². The number of hydrogen-bond donors (Lipinski definition) is 0. The number of benzene rings is 1. The first-order valence-corrected chi connectivity index (χ1v) is 10.8. The van der Waals surface area contributed by atoms with Gasteiger partial charge in [0.2, 0.25) is 0 Å². The summed E-state index contributed by atoms with van der Waals surface area (Å²) in [6.07, 6.45) is 2.53. The predicted octanol–water partition coefficient (Wildman–Crippen LogP) is 4.31. The molecular weight excluding hydrogens is 400 g/mol. The zero-order valence-electron chi connectivity index (χ0n) is 18.3. The van der Waals surface area contributed by atoms with Gasteiger partial charge in [0.15, 0.2) is 0 Å². The molecule has 30 heavy (non-hydrogen) atoms. The number of aromatic nitrogens is 3. The van der Waals surface area contributed by atoms with Crippen LogP contribution in [0.25, 0.3) is 5.65 Å². The summed E-state index contributed by atoms with van der Waals surface area (Å²) in [6.45, 7) is 8.87. The number of amides is 1. The lowest BCUT2D eigenvalue weighted by Crippen LogP contribution is -2.32. The molecule has 0 aliphatic rings. The van der Waals surface area contributed by atoms with Crippen molar-refractivity contribution in [1.29, 1.82) is 0 Å². The number of rotatable bonds is 7. The maximum Gasteiger partial charge on any atom is 0.277 e. The number of halogens is 1. The molecule has 0 spiro atoms. The van der Waals surface area contributed by atoms with E-state index in [2.05, 4.69) is 12.0 Å². The number of carbonyl (C=O) groups excluding carboxylic acids is 1. The molecule has 6 nitrogen and oxygen atoms in total. The lowest BCUT2D eigenvalue weighted by Gasteiger charge is -2.22. The van der Waals surface area contributed by atoms with Gasteiger partial charge in [0.1, 0.15) is 5.65 Å². The quantitative estimate of drug-likeness (QED) is 0.563. The highest BCUT2D eigenvalue weighted by molar-refractivity contribution is 6.30. The summed E-state index contributed by atoms with van der Waals surface area (Å²) in [5, 5.41) is 5.21. The second-order valence-corrected chi connectivity index (χ2v) is 8.16. The third-order valence-electron chi connectivity index (χ3n) is 5.61. The van der Waals surface area contributed by atoms with Crippen LogP contribution in [-0.4, -0.2) is 31.5 Å². The van der Waals surface area contributed by atoms with E-state index < -0.39 is 0 Å². The van der Waals surface area contributed by atoms with Gasteiger partial charge in [-0.1, -0.05) is 37.9 Å². The number of fused-ring (bicyclic) bond motifs is 1. The van der Waals surface area contributed by atoms with E-state index in [9.17, 15) is 9.59 Å². The fraction of sp³-hybridized carbons (Fsp3) is 0.435. The van der Waals surface area contributed by atoms with Gasteiger partial charge < -0.3 is 9.47 Å². The molecule has 0 saturated carbocycles. The van der Waals surface area contributed by atoms with Crippen molar-refractivity contribution in [3.8, 4) is 0 Å². The van der Waals surface area contributed by atoms with Crippen molar-refractivity contribution in [1.82, 2.24) is 19.1 Å². The van der Waals surface area contributed by atoms with Crippen molar-refractivity contribution >= 4 is 23.2 Å². The zero-order valence-corrected chi connectivity index (χ0v) is 19.1. The Bertz CT molecular complexity index is 1150. The standard InChI is InChI=1S/C23H29ClN4O2/c1-6-9-19-20(25-28-21(19)26(5)16(4)15(3)22(28)29)14-27(12-7-2)23(30)17-10-8-11-18(24)13-17/h8,10-11,13H,6-7,9,12,14H2,1-5H3. The Balaban J connectivity index is 2.11. The third kappa shape index (κ3) is 4.01. The molecular formula is C23H29ClN4O2. The van der Waals surface area contributed by atoms with Crippen molar-refractivity contribution in [2.75, 3.05) is 6.54 Å². The molecule has 7 heteroatoms. The van der Waals surface area contributed by atoms with Gasteiger partial charge in [-0.3, -0.25) is 9.59 Å². The van der Waals surface area contributed by atoms with Crippen molar-refractivity contribution in [2.24, 2.45) is 7.05 Å². The minimum absolute atomic E-state index is 0.0852.